The first-order valence-electron chi connectivity index (χ1n) is 5.10. The molecule has 8 heteroatoms. The fourth-order valence-corrected chi connectivity index (χ4v) is 2.33. The van der Waals surface area contributed by atoms with E-state index in [1.54, 1.807) is 6.92 Å². The van der Waals surface area contributed by atoms with Crippen LogP contribution >= 0.6 is 0 Å². The first-order valence-corrected chi connectivity index (χ1v) is 6.58. The van der Waals surface area contributed by atoms with Gasteiger partial charge >= 0.3 is 6.36 Å². The van der Waals surface area contributed by atoms with Gasteiger partial charge in [0.2, 0.25) is 10.0 Å². The van der Waals surface area contributed by atoms with Crippen molar-refractivity contribution in [1.82, 2.24) is 4.72 Å². The van der Waals surface area contributed by atoms with E-state index in [4.69, 9.17) is 0 Å². The summed E-state index contributed by atoms with van der Waals surface area (Å²) >= 11 is 0. The van der Waals surface area contributed by atoms with Crippen molar-refractivity contribution in [3.63, 3.8) is 0 Å². The Morgan fingerprint density at radius 1 is 1.33 bits per heavy atom. The van der Waals surface area contributed by atoms with Gasteiger partial charge in [0.15, 0.2) is 0 Å². The van der Waals surface area contributed by atoms with E-state index in [2.05, 4.69) is 9.46 Å². The third-order valence-corrected chi connectivity index (χ3v) is 3.35. The Labute approximate surface area is 103 Å². The summed E-state index contributed by atoms with van der Waals surface area (Å²) in [5.74, 6) is -0.568. The van der Waals surface area contributed by atoms with Gasteiger partial charge in [-0.1, -0.05) is 13.0 Å². The van der Waals surface area contributed by atoms with Crippen molar-refractivity contribution in [3.8, 4) is 5.75 Å². The van der Waals surface area contributed by atoms with Crippen LogP contribution in [0.1, 0.15) is 13.3 Å². The van der Waals surface area contributed by atoms with Crippen molar-refractivity contribution in [2.45, 2.75) is 24.6 Å². The Hall–Kier alpha value is -1.28. The number of halogens is 3. The molecule has 1 aromatic carbocycles. The highest BCUT2D eigenvalue weighted by molar-refractivity contribution is 7.89. The Morgan fingerprint density at radius 2 is 2.00 bits per heavy atom. The number of hydrogen-bond donors (Lipinski definition) is 1. The summed E-state index contributed by atoms with van der Waals surface area (Å²) in [7, 11) is -3.80. The predicted molar refractivity (Wildman–Crippen MR) is 58.6 cm³/mol. The zero-order chi connectivity index (χ0) is 13.8. The summed E-state index contributed by atoms with van der Waals surface area (Å²) in [6.07, 6.45) is -4.27. The van der Waals surface area contributed by atoms with Gasteiger partial charge < -0.3 is 4.74 Å². The molecule has 0 heterocycles. The lowest BCUT2D eigenvalue weighted by Gasteiger charge is -2.10. The van der Waals surface area contributed by atoms with Crippen LogP contribution in [0.25, 0.3) is 0 Å². The number of alkyl halides is 3. The van der Waals surface area contributed by atoms with Crippen molar-refractivity contribution >= 4 is 10.0 Å². The second kappa shape index (κ2) is 5.57. The van der Waals surface area contributed by atoms with Crippen LogP contribution < -0.4 is 9.46 Å². The van der Waals surface area contributed by atoms with Gasteiger partial charge in [0.25, 0.3) is 0 Å². The molecule has 0 saturated carbocycles. The summed E-state index contributed by atoms with van der Waals surface area (Å²) < 4.78 is 65.2. The Kier molecular flexibility index (Phi) is 4.58. The normalized spacial score (nSPS) is 12.4. The third kappa shape index (κ3) is 4.53. The van der Waals surface area contributed by atoms with E-state index in [0.717, 1.165) is 12.1 Å². The number of hydrogen-bond acceptors (Lipinski definition) is 3. The molecular formula is C10H12F3NO3S. The molecule has 4 nitrogen and oxygen atoms in total. The highest BCUT2D eigenvalue weighted by atomic mass is 32.2. The van der Waals surface area contributed by atoms with E-state index in [1.807, 2.05) is 0 Å². The molecule has 0 aliphatic heterocycles. The Balaban J connectivity index is 2.95. The maximum absolute atomic E-state index is 12.0. The monoisotopic (exact) mass is 283 g/mol. The zero-order valence-corrected chi connectivity index (χ0v) is 10.3. The number of nitrogens with one attached hydrogen (secondary N) is 1. The maximum Gasteiger partial charge on any atom is 0.573 e. The number of sulfonamides is 1. The van der Waals surface area contributed by atoms with E-state index < -0.39 is 22.1 Å². The Morgan fingerprint density at radius 3 is 2.56 bits per heavy atom. The molecule has 0 aliphatic rings. The minimum absolute atomic E-state index is 0.215. The highest BCUT2D eigenvalue weighted by Crippen LogP contribution is 2.24. The average molecular weight is 283 g/mol. The highest BCUT2D eigenvalue weighted by Gasteiger charge is 2.31. The predicted octanol–water partition coefficient (Wildman–Crippen LogP) is 2.27. The standard InChI is InChI=1S/C10H12F3NO3S/c1-2-6-14-18(15,16)9-5-3-4-8(7-9)17-10(11,12)13/h3-5,7,14H,2,6H2,1H3. The summed E-state index contributed by atoms with van der Waals surface area (Å²) in [6, 6.07) is 4.24. The molecule has 0 amide bonds. The molecule has 0 radical (unpaired) electrons. The van der Waals surface area contributed by atoms with Gasteiger partial charge in [0.1, 0.15) is 5.75 Å². The lowest BCUT2D eigenvalue weighted by molar-refractivity contribution is -0.274. The summed E-state index contributed by atoms with van der Waals surface area (Å²) in [4.78, 5) is -0.266. The van der Waals surface area contributed by atoms with E-state index in [1.165, 1.54) is 12.1 Å². The first kappa shape index (κ1) is 14.8. The number of benzene rings is 1. The lowest BCUT2D eigenvalue weighted by atomic mass is 10.3. The molecule has 0 bridgehead atoms. The lowest BCUT2D eigenvalue weighted by Crippen LogP contribution is -2.24. The largest absolute Gasteiger partial charge is 0.573 e. The summed E-state index contributed by atoms with van der Waals surface area (Å²) in [6.45, 7) is 1.98. The van der Waals surface area contributed by atoms with Gasteiger partial charge in [0, 0.05) is 12.6 Å². The van der Waals surface area contributed by atoms with Gasteiger partial charge in [-0.2, -0.15) is 0 Å². The fourth-order valence-electron chi connectivity index (χ4n) is 1.16. The van der Waals surface area contributed by atoms with Crippen molar-refractivity contribution in [1.29, 1.82) is 0 Å². The quantitative estimate of drug-likeness (QED) is 0.902. The molecule has 1 N–H and O–H groups in total. The molecule has 0 unspecified atom stereocenters. The topological polar surface area (TPSA) is 55.4 Å². The molecule has 0 aromatic heterocycles. The molecular weight excluding hydrogens is 271 g/mol. The van der Waals surface area contributed by atoms with Crippen molar-refractivity contribution in [2.24, 2.45) is 0 Å². The number of ether oxygens (including phenoxy) is 1. The SMILES string of the molecule is CCCNS(=O)(=O)c1cccc(OC(F)(F)F)c1. The van der Waals surface area contributed by atoms with E-state index in [-0.39, 0.29) is 11.4 Å². The minimum atomic E-state index is -4.85. The molecule has 18 heavy (non-hydrogen) atoms. The Bertz CT molecular complexity index is 499. The third-order valence-electron chi connectivity index (χ3n) is 1.89. The van der Waals surface area contributed by atoms with E-state index in [9.17, 15) is 21.6 Å². The van der Waals surface area contributed by atoms with Gasteiger partial charge in [-0.25, -0.2) is 13.1 Å². The molecule has 0 atom stereocenters. The molecule has 102 valence electrons. The molecule has 0 spiro atoms. The molecule has 1 aromatic rings. The maximum atomic E-state index is 12.0. The molecule has 1 rings (SSSR count). The first-order chi connectivity index (χ1) is 8.24. The second-order valence-corrected chi connectivity index (χ2v) is 5.19. The average Bonchev–Trinajstić information content (AvgIpc) is 2.24. The summed E-state index contributed by atoms with van der Waals surface area (Å²) in [5.41, 5.74) is 0. The van der Waals surface area contributed by atoms with Gasteiger partial charge in [-0.05, 0) is 18.6 Å². The minimum Gasteiger partial charge on any atom is -0.406 e. The van der Waals surface area contributed by atoms with Crippen LogP contribution in [0, 0.1) is 0 Å². The zero-order valence-electron chi connectivity index (χ0n) is 9.49. The van der Waals surface area contributed by atoms with Crippen LogP contribution in [0.4, 0.5) is 13.2 Å². The summed E-state index contributed by atoms with van der Waals surface area (Å²) in [5, 5.41) is 0. The molecule has 0 aliphatic carbocycles. The van der Waals surface area contributed by atoms with Crippen LogP contribution in [0.5, 0.6) is 5.75 Å². The van der Waals surface area contributed by atoms with Crippen LogP contribution in [0.2, 0.25) is 0 Å². The van der Waals surface area contributed by atoms with Crippen molar-refractivity contribution in [3.05, 3.63) is 24.3 Å². The van der Waals surface area contributed by atoms with Crippen molar-refractivity contribution in [2.75, 3.05) is 6.54 Å². The number of rotatable bonds is 5. The van der Waals surface area contributed by atoms with Crippen LogP contribution in [0.3, 0.4) is 0 Å². The fraction of sp³-hybridized carbons (Fsp3) is 0.400. The van der Waals surface area contributed by atoms with Gasteiger partial charge in [-0.15, -0.1) is 13.2 Å². The van der Waals surface area contributed by atoms with Crippen LogP contribution in [0.15, 0.2) is 29.2 Å². The van der Waals surface area contributed by atoms with Crippen molar-refractivity contribution < 1.29 is 26.3 Å². The molecule has 0 saturated heterocycles. The molecule has 0 fully saturated rings. The van der Waals surface area contributed by atoms with E-state index in [0.29, 0.717) is 6.42 Å². The van der Waals surface area contributed by atoms with E-state index >= 15 is 0 Å². The smallest absolute Gasteiger partial charge is 0.406 e. The van der Waals surface area contributed by atoms with Gasteiger partial charge in [0.05, 0.1) is 4.90 Å². The second-order valence-electron chi connectivity index (χ2n) is 3.42. The van der Waals surface area contributed by atoms with Crippen LogP contribution in [-0.4, -0.2) is 21.3 Å². The van der Waals surface area contributed by atoms with Gasteiger partial charge in [-0.3, -0.25) is 0 Å². The van der Waals surface area contributed by atoms with Crippen LogP contribution in [-0.2, 0) is 10.0 Å².